The van der Waals surface area contributed by atoms with Crippen molar-refractivity contribution < 1.29 is 0 Å². The van der Waals surface area contributed by atoms with E-state index < -0.39 is 0 Å². The van der Waals surface area contributed by atoms with Gasteiger partial charge >= 0.3 is 0 Å². The molecule has 0 saturated heterocycles. The first kappa shape index (κ1) is 20.7. The Hall–Kier alpha value is -0.260. The Kier molecular flexibility index (Phi) is 12.1. The molecule has 21 heavy (non-hydrogen) atoms. The van der Waals surface area contributed by atoms with Crippen LogP contribution in [0.4, 0.5) is 0 Å². The van der Waals surface area contributed by atoms with Crippen LogP contribution in [-0.4, -0.2) is 0 Å². The molecule has 0 aliphatic heterocycles. The Labute approximate surface area is 135 Å². The summed E-state index contributed by atoms with van der Waals surface area (Å²) in [5, 5.41) is 0. The van der Waals surface area contributed by atoms with E-state index >= 15 is 0 Å². The van der Waals surface area contributed by atoms with Gasteiger partial charge in [-0.2, -0.15) is 0 Å². The van der Waals surface area contributed by atoms with Gasteiger partial charge in [0.05, 0.1) is 0 Å². The summed E-state index contributed by atoms with van der Waals surface area (Å²) in [4.78, 5) is 0. The minimum absolute atomic E-state index is 0.783. The molecule has 5 atom stereocenters. The Morgan fingerprint density at radius 2 is 1.38 bits per heavy atom. The zero-order valence-electron chi connectivity index (χ0n) is 16.0. The van der Waals surface area contributed by atoms with Gasteiger partial charge in [-0.05, 0) is 49.4 Å². The van der Waals surface area contributed by atoms with Gasteiger partial charge in [0.15, 0.2) is 0 Å². The minimum atomic E-state index is 0.783. The van der Waals surface area contributed by atoms with Crippen LogP contribution in [0.1, 0.15) is 93.4 Å². The monoisotopic (exact) mass is 294 g/mol. The van der Waals surface area contributed by atoms with Crippen LogP contribution in [0.25, 0.3) is 0 Å². The quantitative estimate of drug-likeness (QED) is 0.327. The fraction of sp³-hybridized carbons (Fsp3) is 0.905. The lowest BCUT2D eigenvalue weighted by atomic mass is 9.80. The highest BCUT2D eigenvalue weighted by molar-refractivity contribution is 4.89. The summed E-state index contributed by atoms with van der Waals surface area (Å²) < 4.78 is 0. The SMILES string of the molecule is CC=CC(CC(C)CC(C)CC)C(C)CCCC(C)CC. The summed E-state index contributed by atoms with van der Waals surface area (Å²) in [5.41, 5.74) is 0. The fourth-order valence-corrected chi connectivity index (χ4v) is 3.37. The molecular formula is C21H42. The first-order valence-electron chi connectivity index (χ1n) is 9.57. The molecule has 5 unspecified atom stereocenters. The van der Waals surface area contributed by atoms with E-state index in [-0.39, 0.29) is 0 Å². The third kappa shape index (κ3) is 10.1. The molecule has 0 aromatic rings. The van der Waals surface area contributed by atoms with Crippen LogP contribution in [0.15, 0.2) is 12.2 Å². The van der Waals surface area contributed by atoms with Gasteiger partial charge in [0.25, 0.3) is 0 Å². The van der Waals surface area contributed by atoms with E-state index in [1.54, 1.807) is 0 Å². The Balaban J connectivity index is 4.26. The zero-order chi connectivity index (χ0) is 16.3. The summed E-state index contributed by atoms with van der Waals surface area (Å²) in [5.74, 6) is 4.27. The van der Waals surface area contributed by atoms with Crippen molar-refractivity contribution in [3.05, 3.63) is 12.2 Å². The number of hydrogen-bond donors (Lipinski definition) is 0. The molecule has 0 aromatic carbocycles. The average molecular weight is 295 g/mol. The summed E-state index contributed by atoms with van der Waals surface area (Å²) in [6, 6.07) is 0. The molecule has 0 saturated carbocycles. The normalized spacial score (nSPS) is 19.4. The highest BCUT2D eigenvalue weighted by atomic mass is 14.2. The zero-order valence-corrected chi connectivity index (χ0v) is 16.0. The molecule has 0 N–H and O–H groups in total. The number of allylic oxidation sites excluding steroid dienone is 2. The Morgan fingerprint density at radius 1 is 0.762 bits per heavy atom. The molecule has 0 heteroatoms. The van der Waals surface area contributed by atoms with Crippen molar-refractivity contribution in [2.24, 2.45) is 29.6 Å². The average Bonchev–Trinajstić information content (AvgIpc) is 2.46. The van der Waals surface area contributed by atoms with Gasteiger partial charge in [0.1, 0.15) is 0 Å². The second-order valence-corrected chi connectivity index (χ2v) is 7.70. The smallest absolute Gasteiger partial charge is 0.0205 e. The standard InChI is InChI=1S/C21H42/c1-8-12-21(16-19(6)15-18(5)10-3)20(7)14-11-13-17(4)9-2/h8,12,17-21H,9-11,13-16H2,1-7H3. The van der Waals surface area contributed by atoms with E-state index in [4.69, 9.17) is 0 Å². The third-order valence-corrected chi connectivity index (χ3v) is 5.40. The molecule has 0 rings (SSSR count). The highest BCUT2D eigenvalue weighted by Crippen LogP contribution is 2.30. The molecule has 0 bridgehead atoms. The van der Waals surface area contributed by atoms with Crippen LogP contribution in [0.2, 0.25) is 0 Å². The van der Waals surface area contributed by atoms with Crippen molar-refractivity contribution in [1.29, 1.82) is 0 Å². The first-order chi connectivity index (χ1) is 9.94. The predicted molar refractivity (Wildman–Crippen MR) is 98.6 cm³/mol. The van der Waals surface area contributed by atoms with Crippen molar-refractivity contribution in [2.75, 3.05) is 0 Å². The summed E-state index contributed by atoms with van der Waals surface area (Å²) in [6.45, 7) is 16.5. The van der Waals surface area contributed by atoms with E-state index in [0.717, 1.165) is 29.6 Å². The molecule has 0 heterocycles. The Morgan fingerprint density at radius 3 is 1.90 bits per heavy atom. The Bertz CT molecular complexity index is 253. The minimum Gasteiger partial charge on any atom is -0.0914 e. The van der Waals surface area contributed by atoms with E-state index in [1.807, 2.05) is 0 Å². The lowest BCUT2D eigenvalue weighted by molar-refractivity contribution is 0.287. The molecule has 0 radical (unpaired) electrons. The van der Waals surface area contributed by atoms with Crippen LogP contribution < -0.4 is 0 Å². The topological polar surface area (TPSA) is 0 Å². The van der Waals surface area contributed by atoms with Crippen LogP contribution in [0.3, 0.4) is 0 Å². The molecule has 126 valence electrons. The van der Waals surface area contributed by atoms with Crippen LogP contribution in [-0.2, 0) is 0 Å². The summed E-state index contributed by atoms with van der Waals surface area (Å²) in [6.07, 6.45) is 14.4. The molecule has 0 aliphatic rings. The second-order valence-electron chi connectivity index (χ2n) is 7.70. The largest absolute Gasteiger partial charge is 0.0914 e. The van der Waals surface area contributed by atoms with E-state index in [0.29, 0.717) is 0 Å². The maximum Gasteiger partial charge on any atom is -0.0205 e. The molecule has 0 nitrogen and oxygen atoms in total. The molecule has 0 amide bonds. The maximum absolute atomic E-state index is 2.47. The summed E-state index contributed by atoms with van der Waals surface area (Å²) >= 11 is 0. The van der Waals surface area contributed by atoms with Crippen molar-refractivity contribution in [3.8, 4) is 0 Å². The first-order valence-corrected chi connectivity index (χ1v) is 9.57. The molecular weight excluding hydrogens is 252 g/mol. The molecule has 0 fully saturated rings. The lowest BCUT2D eigenvalue weighted by Gasteiger charge is -2.26. The van der Waals surface area contributed by atoms with Crippen LogP contribution in [0.5, 0.6) is 0 Å². The highest BCUT2D eigenvalue weighted by Gasteiger charge is 2.18. The van der Waals surface area contributed by atoms with Gasteiger partial charge in [-0.15, -0.1) is 0 Å². The maximum atomic E-state index is 2.47. The van der Waals surface area contributed by atoms with Gasteiger partial charge in [-0.25, -0.2) is 0 Å². The third-order valence-electron chi connectivity index (χ3n) is 5.40. The second kappa shape index (κ2) is 12.3. The van der Waals surface area contributed by atoms with Gasteiger partial charge in [0.2, 0.25) is 0 Å². The lowest BCUT2D eigenvalue weighted by Crippen LogP contribution is -2.15. The van der Waals surface area contributed by atoms with E-state index in [9.17, 15) is 0 Å². The number of hydrogen-bond acceptors (Lipinski definition) is 0. The fourth-order valence-electron chi connectivity index (χ4n) is 3.37. The van der Waals surface area contributed by atoms with Gasteiger partial charge in [-0.3, -0.25) is 0 Å². The summed E-state index contributed by atoms with van der Waals surface area (Å²) in [7, 11) is 0. The van der Waals surface area contributed by atoms with Crippen molar-refractivity contribution in [3.63, 3.8) is 0 Å². The van der Waals surface area contributed by atoms with E-state index in [2.05, 4.69) is 60.6 Å². The van der Waals surface area contributed by atoms with Gasteiger partial charge in [-0.1, -0.05) is 85.8 Å². The van der Waals surface area contributed by atoms with Crippen molar-refractivity contribution in [1.82, 2.24) is 0 Å². The molecule has 0 spiro atoms. The predicted octanol–water partition coefficient (Wildman–Crippen LogP) is 7.49. The van der Waals surface area contributed by atoms with Crippen LogP contribution >= 0.6 is 0 Å². The van der Waals surface area contributed by atoms with E-state index in [1.165, 1.54) is 44.9 Å². The van der Waals surface area contributed by atoms with Crippen LogP contribution in [0, 0.1) is 29.6 Å². The van der Waals surface area contributed by atoms with Gasteiger partial charge < -0.3 is 0 Å². The van der Waals surface area contributed by atoms with Crippen molar-refractivity contribution >= 4 is 0 Å². The molecule has 0 aromatic heterocycles. The van der Waals surface area contributed by atoms with Crippen molar-refractivity contribution in [2.45, 2.75) is 93.4 Å². The molecule has 0 aliphatic carbocycles. The van der Waals surface area contributed by atoms with Gasteiger partial charge in [0, 0.05) is 0 Å². The number of rotatable bonds is 12.